The van der Waals surface area contributed by atoms with Crippen molar-refractivity contribution in [3.05, 3.63) is 119 Å². The fourth-order valence-electron chi connectivity index (χ4n) is 7.35. The topological polar surface area (TPSA) is 55.4 Å². The molecule has 52 heavy (non-hydrogen) atoms. The average Bonchev–Trinajstić information content (AvgIpc) is 3.43. The van der Waals surface area contributed by atoms with E-state index in [-0.39, 0.29) is 17.6 Å². The number of quaternary nitrogens is 2. The number of nitrogens with zero attached hydrogens (tertiary/aromatic N) is 2. The zero-order chi connectivity index (χ0) is 37.6. The molecule has 1 heterocycles. The van der Waals surface area contributed by atoms with Crippen LogP contribution in [0.1, 0.15) is 49.9 Å². The third kappa shape index (κ3) is 9.86. The lowest BCUT2D eigenvalue weighted by molar-refractivity contribution is -0.944. The van der Waals surface area contributed by atoms with Gasteiger partial charge in [0.1, 0.15) is 74.5 Å². The molecule has 0 bridgehead atoms. The van der Waals surface area contributed by atoms with Gasteiger partial charge in [-0.1, -0.05) is 20.8 Å². The molecular weight excluding hydrogens is 652 g/mol. The Balaban J connectivity index is 1.50. The summed E-state index contributed by atoms with van der Waals surface area (Å²) in [6, 6.07) is 33.7. The Labute approximate surface area is 312 Å². The predicted molar refractivity (Wildman–Crippen MR) is 207 cm³/mol. The summed E-state index contributed by atoms with van der Waals surface area (Å²) in [5, 5.41) is 0. The van der Waals surface area contributed by atoms with Crippen LogP contribution in [0.2, 0.25) is 0 Å². The maximum atomic E-state index is 7.16. The molecule has 8 nitrogen and oxygen atoms in total. The molecule has 1 aliphatic rings. The lowest BCUT2D eigenvalue weighted by Crippen LogP contribution is -2.54. The van der Waals surface area contributed by atoms with Crippen LogP contribution in [0.5, 0.6) is 23.0 Å². The third-order valence-electron chi connectivity index (χ3n) is 10.7. The van der Waals surface area contributed by atoms with E-state index in [1.807, 2.05) is 48.5 Å². The lowest BCUT2D eigenvalue weighted by Gasteiger charge is -2.40. The Morgan fingerprint density at radius 1 is 0.481 bits per heavy atom. The van der Waals surface area contributed by atoms with Crippen LogP contribution in [0.3, 0.4) is 0 Å². The third-order valence-corrected chi connectivity index (χ3v) is 10.7. The van der Waals surface area contributed by atoms with Crippen molar-refractivity contribution in [2.24, 2.45) is 5.41 Å². The Bertz CT molecular complexity index is 1480. The first kappa shape index (κ1) is 39.1. The van der Waals surface area contributed by atoms with E-state index >= 15 is 0 Å². The maximum Gasteiger partial charge on any atom is 0.171 e. The van der Waals surface area contributed by atoms with Gasteiger partial charge in [-0.15, -0.1) is 0 Å². The average molecular weight is 713 g/mol. The van der Waals surface area contributed by atoms with E-state index < -0.39 is 5.79 Å². The van der Waals surface area contributed by atoms with E-state index in [0.717, 1.165) is 71.2 Å². The second kappa shape index (κ2) is 16.3. The van der Waals surface area contributed by atoms with Crippen LogP contribution in [0.4, 0.5) is 0 Å². The Kier molecular flexibility index (Phi) is 12.3. The molecular formula is C44H60N2O6+2. The molecule has 4 aromatic carbocycles. The Morgan fingerprint density at radius 2 is 0.712 bits per heavy atom. The molecule has 2 atom stereocenters. The summed E-state index contributed by atoms with van der Waals surface area (Å²) in [6.07, 6.45) is -0.315. The fourth-order valence-corrected chi connectivity index (χ4v) is 7.35. The second-order valence-electron chi connectivity index (χ2n) is 16.1. The first-order valence-electron chi connectivity index (χ1n) is 18.2. The van der Waals surface area contributed by atoms with Crippen molar-refractivity contribution in [2.45, 2.75) is 71.9 Å². The SMILES string of the molecule is COc1ccc(C[N+](C)(Cc2ccc(OC)cc2)C[C@H]2OC(C)(C(C)(C)C)O[C@@H]2C[N+](C)(Cc2ccc(OC)cc2)Cc2ccc(OC)cc2)cc1. The molecule has 0 aliphatic carbocycles. The first-order valence-corrected chi connectivity index (χ1v) is 18.2. The summed E-state index contributed by atoms with van der Waals surface area (Å²) < 4.78 is 37.7. The highest BCUT2D eigenvalue weighted by Gasteiger charge is 2.55. The number of ether oxygens (including phenoxy) is 6. The molecule has 0 radical (unpaired) electrons. The van der Waals surface area contributed by atoms with Crippen LogP contribution in [-0.2, 0) is 35.7 Å². The lowest BCUT2D eigenvalue weighted by atomic mass is 9.87. The molecule has 0 spiro atoms. The van der Waals surface area contributed by atoms with Crippen molar-refractivity contribution in [1.82, 2.24) is 0 Å². The summed E-state index contributed by atoms with van der Waals surface area (Å²) in [5.41, 5.74) is 4.72. The van der Waals surface area contributed by atoms with Crippen molar-refractivity contribution < 1.29 is 37.4 Å². The first-order chi connectivity index (χ1) is 24.7. The molecule has 4 aromatic rings. The van der Waals surface area contributed by atoms with E-state index in [4.69, 9.17) is 28.4 Å². The number of likely N-dealkylation sites (N-methyl/N-ethyl adjacent to an activating group) is 2. The van der Waals surface area contributed by atoms with Gasteiger partial charge in [0.05, 0.1) is 42.5 Å². The van der Waals surface area contributed by atoms with E-state index in [0.29, 0.717) is 0 Å². The quantitative estimate of drug-likeness (QED) is 0.109. The number of rotatable bonds is 16. The van der Waals surface area contributed by atoms with Gasteiger partial charge in [0.15, 0.2) is 5.79 Å². The van der Waals surface area contributed by atoms with Crippen LogP contribution < -0.4 is 18.9 Å². The zero-order valence-corrected chi connectivity index (χ0v) is 33.0. The van der Waals surface area contributed by atoms with Gasteiger partial charge in [0, 0.05) is 27.7 Å². The largest absolute Gasteiger partial charge is 0.497 e. The Morgan fingerprint density at radius 3 is 0.904 bits per heavy atom. The molecule has 280 valence electrons. The highest BCUT2D eigenvalue weighted by molar-refractivity contribution is 5.29. The van der Waals surface area contributed by atoms with Crippen molar-refractivity contribution >= 4 is 0 Å². The summed E-state index contributed by atoms with van der Waals surface area (Å²) in [5.74, 6) is 2.65. The second-order valence-corrected chi connectivity index (χ2v) is 16.1. The van der Waals surface area contributed by atoms with Crippen LogP contribution in [0.25, 0.3) is 0 Å². The molecule has 0 unspecified atom stereocenters. The van der Waals surface area contributed by atoms with Crippen LogP contribution in [0.15, 0.2) is 97.1 Å². The highest BCUT2D eigenvalue weighted by atomic mass is 16.8. The molecule has 1 fully saturated rings. The number of hydrogen-bond acceptors (Lipinski definition) is 6. The molecule has 0 aromatic heterocycles. The standard InChI is InChI=1S/C44H60N2O6/c1-43(2,3)44(4)51-41(31-45(5,27-33-11-19-37(47-7)20-12-33)28-34-13-21-38(48-8)22-14-34)42(52-44)32-46(6,29-35-15-23-39(49-9)24-16-35)30-36-17-25-40(50-10)26-18-36/h11-26,41-42H,27-32H2,1-10H3/q+2/t41-,42-/m1/s1. The van der Waals surface area contributed by atoms with E-state index in [9.17, 15) is 0 Å². The smallest absolute Gasteiger partial charge is 0.171 e. The summed E-state index contributed by atoms with van der Waals surface area (Å²) in [6.45, 7) is 13.5. The normalized spacial score (nSPS) is 17.5. The van der Waals surface area contributed by atoms with Crippen LogP contribution in [0, 0.1) is 5.41 Å². The fraction of sp³-hybridized carbons (Fsp3) is 0.455. The van der Waals surface area contributed by atoms with E-state index in [2.05, 4.69) is 90.3 Å². The van der Waals surface area contributed by atoms with Gasteiger partial charge < -0.3 is 37.4 Å². The van der Waals surface area contributed by atoms with Crippen LogP contribution >= 0.6 is 0 Å². The van der Waals surface area contributed by atoms with Crippen molar-refractivity contribution in [3.8, 4) is 23.0 Å². The Hall–Kier alpha value is -4.08. The summed E-state index contributed by atoms with van der Waals surface area (Å²) >= 11 is 0. The minimum absolute atomic E-state index is 0.157. The van der Waals surface area contributed by atoms with Gasteiger partial charge in [0.2, 0.25) is 0 Å². The molecule has 0 N–H and O–H groups in total. The molecule has 1 saturated heterocycles. The van der Waals surface area contributed by atoms with E-state index in [1.165, 1.54) is 22.3 Å². The van der Waals surface area contributed by atoms with Crippen LogP contribution in [-0.4, -0.2) is 82.6 Å². The minimum atomic E-state index is -0.765. The zero-order valence-electron chi connectivity index (χ0n) is 33.0. The monoisotopic (exact) mass is 712 g/mol. The minimum Gasteiger partial charge on any atom is -0.497 e. The maximum absolute atomic E-state index is 7.16. The molecule has 1 aliphatic heterocycles. The molecule has 0 amide bonds. The highest BCUT2D eigenvalue weighted by Crippen LogP contribution is 2.44. The predicted octanol–water partition coefficient (Wildman–Crippen LogP) is 8.26. The van der Waals surface area contributed by atoms with Crippen molar-refractivity contribution in [1.29, 1.82) is 0 Å². The van der Waals surface area contributed by atoms with Crippen molar-refractivity contribution in [2.75, 3.05) is 55.6 Å². The summed E-state index contributed by atoms with van der Waals surface area (Å²) in [4.78, 5) is 0. The van der Waals surface area contributed by atoms with Gasteiger partial charge in [-0.3, -0.25) is 0 Å². The summed E-state index contributed by atoms with van der Waals surface area (Å²) in [7, 11) is 11.5. The van der Waals surface area contributed by atoms with Gasteiger partial charge in [-0.05, 0) is 104 Å². The number of methoxy groups -OCH3 is 4. The van der Waals surface area contributed by atoms with Gasteiger partial charge in [0.25, 0.3) is 0 Å². The van der Waals surface area contributed by atoms with Gasteiger partial charge in [-0.25, -0.2) is 0 Å². The van der Waals surface area contributed by atoms with E-state index in [1.54, 1.807) is 28.4 Å². The molecule has 0 saturated carbocycles. The molecule has 5 rings (SSSR count). The van der Waals surface area contributed by atoms with Crippen molar-refractivity contribution in [3.63, 3.8) is 0 Å². The van der Waals surface area contributed by atoms with Gasteiger partial charge in [-0.2, -0.15) is 0 Å². The van der Waals surface area contributed by atoms with Gasteiger partial charge >= 0.3 is 0 Å². The number of benzene rings is 4. The molecule has 8 heteroatoms. The number of hydrogen-bond donors (Lipinski definition) is 0.